The average Bonchev–Trinajstić information content (AvgIpc) is 4.04. The molecule has 57 heavy (non-hydrogen) atoms. The number of para-hydroxylation sites is 1. The molecule has 1 aromatic heterocycles. The summed E-state index contributed by atoms with van der Waals surface area (Å²) in [7, 11) is -3.91. The molecule has 2 aromatic rings. The van der Waals surface area contributed by atoms with Crippen LogP contribution in [0.25, 0.3) is 0 Å². The molecule has 0 unspecified atom stereocenters. The van der Waals surface area contributed by atoms with E-state index in [9.17, 15) is 32.4 Å². The Labute approximate surface area is 336 Å². The Morgan fingerprint density at radius 2 is 1.82 bits per heavy atom. The minimum atomic E-state index is -3.91. The summed E-state index contributed by atoms with van der Waals surface area (Å²) in [5, 5.41) is 8.91. The molecule has 18 heteroatoms. The first-order valence-corrected chi connectivity index (χ1v) is 22.1. The van der Waals surface area contributed by atoms with Crippen LogP contribution in [-0.4, -0.2) is 101 Å². The van der Waals surface area contributed by atoms with Gasteiger partial charge in [0.05, 0.1) is 24.0 Å². The van der Waals surface area contributed by atoms with Gasteiger partial charge in [-0.25, -0.2) is 23.0 Å². The number of nitrogens with zero attached hydrogens (tertiary/aromatic N) is 3. The van der Waals surface area contributed by atoms with Crippen LogP contribution in [-0.2, 0) is 46.8 Å². The second-order valence-corrected chi connectivity index (χ2v) is 19.6. The number of alkyl carbamates (subject to hydrolysis) is 1. The normalized spacial score (nSPS) is 27.3. The van der Waals surface area contributed by atoms with E-state index in [2.05, 4.69) is 20.7 Å². The van der Waals surface area contributed by atoms with E-state index in [4.69, 9.17) is 14.5 Å². The molecule has 5 atom stereocenters. The van der Waals surface area contributed by atoms with Crippen LogP contribution in [0, 0.1) is 5.92 Å². The van der Waals surface area contributed by atoms with E-state index in [1.54, 1.807) is 25.7 Å². The smallest absolute Gasteiger partial charge is 0.410 e. The fraction of sp³-hybridized carbons (Fsp3) is 0.590. The van der Waals surface area contributed by atoms with Crippen molar-refractivity contribution in [2.24, 2.45) is 5.92 Å². The van der Waals surface area contributed by atoms with Crippen LogP contribution in [0.3, 0.4) is 0 Å². The number of thiazole rings is 1. The van der Waals surface area contributed by atoms with Gasteiger partial charge in [0, 0.05) is 35.9 Å². The van der Waals surface area contributed by atoms with Gasteiger partial charge in [-0.2, -0.15) is 0 Å². The van der Waals surface area contributed by atoms with Gasteiger partial charge >= 0.3 is 12.2 Å². The molecule has 5 aliphatic rings. The van der Waals surface area contributed by atoms with Gasteiger partial charge in [-0.1, -0.05) is 54.5 Å². The fourth-order valence-corrected chi connectivity index (χ4v) is 9.97. The molecule has 2 aliphatic carbocycles. The Hall–Kier alpha value is -4.71. The van der Waals surface area contributed by atoms with Gasteiger partial charge in [0.15, 0.2) is 5.13 Å². The lowest BCUT2D eigenvalue weighted by molar-refractivity contribution is -0.141. The molecule has 2 saturated carbocycles. The lowest BCUT2D eigenvalue weighted by Gasteiger charge is -2.30. The first-order chi connectivity index (χ1) is 27.1. The molecule has 4 N–H and O–H groups in total. The third-order valence-electron chi connectivity index (χ3n) is 10.8. The zero-order valence-electron chi connectivity index (χ0n) is 32.5. The molecule has 0 spiro atoms. The highest BCUT2D eigenvalue weighted by Crippen LogP contribution is 2.46. The Morgan fingerprint density at radius 3 is 2.56 bits per heavy atom. The number of hydrogen-bond donors (Lipinski definition) is 4. The van der Waals surface area contributed by atoms with E-state index >= 15 is 0 Å². The monoisotopic (exact) mass is 825 g/mol. The molecule has 0 radical (unpaired) electrons. The summed E-state index contributed by atoms with van der Waals surface area (Å²) in [4.78, 5) is 77.6. The van der Waals surface area contributed by atoms with Crippen LogP contribution in [0.4, 0.5) is 20.4 Å². The van der Waals surface area contributed by atoms with E-state index in [1.165, 1.54) is 16.2 Å². The summed E-state index contributed by atoms with van der Waals surface area (Å²) < 4.78 is 39.3. The SMILES string of the molecule is CC(C)(C)OC(=O)N[C@H]1CCCCC/C=C\[C@@H]2C[C@@]2(C(=O)NS(=O)(=O)C2CC2)NC(=O)[C@@H]2C[C@@H](OC(=O)N3CCc4nc(Nc5ccccc5)sc4C3)CN2C1=O. The van der Waals surface area contributed by atoms with Crippen molar-refractivity contribution in [3.63, 3.8) is 0 Å². The summed E-state index contributed by atoms with van der Waals surface area (Å²) in [6.45, 7) is 5.63. The molecular formula is C39H51N7O9S2. The highest BCUT2D eigenvalue weighted by molar-refractivity contribution is 7.91. The van der Waals surface area contributed by atoms with Crippen LogP contribution in [0.1, 0.15) is 89.1 Å². The van der Waals surface area contributed by atoms with Crippen molar-refractivity contribution in [3.8, 4) is 0 Å². The lowest BCUT2D eigenvalue weighted by Crippen LogP contribution is -2.58. The van der Waals surface area contributed by atoms with Crippen molar-refractivity contribution in [1.82, 2.24) is 30.1 Å². The molecule has 1 aromatic carbocycles. The van der Waals surface area contributed by atoms with Gasteiger partial charge in [0.1, 0.15) is 29.3 Å². The zero-order chi connectivity index (χ0) is 40.5. The quantitative estimate of drug-likeness (QED) is 0.291. The molecule has 308 valence electrons. The van der Waals surface area contributed by atoms with Crippen LogP contribution < -0.4 is 20.7 Å². The molecule has 7 rings (SSSR count). The first kappa shape index (κ1) is 40.5. The molecule has 5 amide bonds. The van der Waals surface area contributed by atoms with E-state index in [0.29, 0.717) is 43.8 Å². The third kappa shape index (κ3) is 9.71. The summed E-state index contributed by atoms with van der Waals surface area (Å²) >= 11 is 1.45. The van der Waals surface area contributed by atoms with Crippen LogP contribution in [0.2, 0.25) is 0 Å². The molecule has 3 aliphatic heterocycles. The number of anilines is 2. The number of benzene rings is 1. The lowest BCUT2D eigenvalue weighted by atomic mass is 10.0. The first-order valence-electron chi connectivity index (χ1n) is 19.7. The predicted molar refractivity (Wildman–Crippen MR) is 211 cm³/mol. The minimum absolute atomic E-state index is 0.0775. The third-order valence-corrected chi connectivity index (χ3v) is 13.6. The fourth-order valence-electron chi connectivity index (χ4n) is 7.56. The second-order valence-electron chi connectivity index (χ2n) is 16.5. The number of rotatable bonds is 7. The molecule has 4 heterocycles. The summed E-state index contributed by atoms with van der Waals surface area (Å²) in [5.41, 5.74) is -0.571. The molecule has 1 saturated heterocycles. The number of sulfonamides is 1. The minimum Gasteiger partial charge on any atom is -0.444 e. The topological polar surface area (TPSA) is 205 Å². The number of hydrogen-bond acceptors (Lipinski definition) is 12. The summed E-state index contributed by atoms with van der Waals surface area (Å²) in [6, 6.07) is 7.41. The van der Waals surface area contributed by atoms with E-state index < -0.39 is 80.4 Å². The highest BCUT2D eigenvalue weighted by atomic mass is 32.2. The van der Waals surface area contributed by atoms with Crippen molar-refractivity contribution >= 4 is 62.1 Å². The van der Waals surface area contributed by atoms with Crippen LogP contribution >= 0.6 is 11.3 Å². The number of carbonyl (C=O) groups is 5. The van der Waals surface area contributed by atoms with Gasteiger partial charge in [-0.05, 0) is 71.4 Å². The van der Waals surface area contributed by atoms with E-state index in [1.807, 2.05) is 42.5 Å². The van der Waals surface area contributed by atoms with E-state index in [-0.39, 0.29) is 32.4 Å². The van der Waals surface area contributed by atoms with Gasteiger partial charge in [-0.15, -0.1) is 0 Å². The number of aromatic nitrogens is 1. The second kappa shape index (κ2) is 16.3. The predicted octanol–water partition coefficient (Wildman–Crippen LogP) is 4.25. The molecular weight excluding hydrogens is 775 g/mol. The maximum Gasteiger partial charge on any atom is 0.410 e. The van der Waals surface area contributed by atoms with Crippen molar-refractivity contribution in [2.75, 3.05) is 18.4 Å². The molecule has 3 fully saturated rings. The number of allylic oxidation sites excluding steroid dienone is 1. The molecule has 0 bridgehead atoms. The van der Waals surface area contributed by atoms with Crippen molar-refractivity contribution in [1.29, 1.82) is 0 Å². The Balaban J connectivity index is 1.10. The van der Waals surface area contributed by atoms with Crippen molar-refractivity contribution in [2.45, 2.75) is 126 Å². The highest BCUT2D eigenvalue weighted by Gasteiger charge is 2.62. The molecule has 16 nitrogen and oxygen atoms in total. The number of ether oxygens (including phenoxy) is 2. The van der Waals surface area contributed by atoms with Crippen LogP contribution in [0.15, 0.2) is 42.5 Å². The van der Waals surface area contributed by atoms with Gasteiger partial charge in [0.2, 0.25) is 21.8 Å². The largest absolute Gasteiger partial charge is 0.444 e. The Kier molecular flexibility index (Phi) is 11.6. The van der Waals surface area contributed by atoms with Crippen molar-refractivity contribution in [3.05, 3.63) is 53.1 Å². The van der Waals surface area contributed by atoms with Gasteiger partial charge in [-0.3, -0.25) is 19.1 Å². The number of fused-ring (bicyclic) bond motifs is 3. The maximum atomic E-state index is 14.4. The average molecular weight is 826 g/mol. The Bertz CT molecular complexity index is 2010. The van der Waals surface area contributed by atoms with Gasteiger partial charge in [0.25, 0.3) is 5.91 Å². The number of carbonyl (C=O) groups excluding carboxylic acids is 5. The number of amides is 5. The number of nitrogens with one attached hydrogen (secondary N) is 4. The zero-order valence-corrected chi connectivity index (χ0v) is 34.1. The summed E-state index contributed by atoms with van der Waals surface area (Å²) in [5.74, 6) is -2.52. The van der Waals surface area contributed by atoms with Gasteiger partial charge < -0.3 is 35.2 Å². The summed E-state index contributed by atoms with van der Waals surface area (Å²) in [6.07, 6.45) is 6.07. The van der Waals surface area contributed by atoms with Crippen molar-refractivity contribution < 1.29 is 41.9 Å². The maximum absolute atomic E-state index is 14.4. The van der Waals surface area contributed by atoms with Crippen LogP contribution in [0.5, 0.6) is 0 Å². The Morgan fingerprint density at radius 1 is 1.05 bits per heavy atom. The standard InChI is InChI=1S/C39H51N7O9S2/c1-38(2,3)55-36(50)42-29-15-11-6-4-5-8-12-24-21-39(24,34(49)44-57(52,53)27-16-17-27)43-32(47)30-20-26(22-46(30)33(29)48)54-37(51)45-19-18-28-31(23-45)56-35(41-28)40-25-13-9-7-10-14-25/h7-10,12-14,24,26-27,29-30H,4-6,11,15-23H2,1-3H3,(H,40,41)(H,42,50)(H,43,47)(H,44,49)/b12-8-/t24-,26-,29+,30+,39-/m1/s1. The van der Waals surface area contributed by atoms with E-state index in [0.717, 1.165) is 29.1 Å².